The Bertz CT molecular complexity index is 755. The molecule has 0 bridgehead atoms. The molecule has 1 aliphatic heterocycles. The number of rotatable bonds is 1. The van der Waals surface area contributed by atoms with Crippen molar-refractivity contribution in [1.82, 2.24) is 9.97 Å². The fourth-order valence-corrected chi connectivity index (χ4v) is 2.55. The molecule has 4 nitrogen and oxygen atoms in total. The van der Waals surface area contributed by atoms with E-state index >= 15 is 0 Å². The van der Waals surface area contributed by atoms with Gasteiger partial charge in [-0.25, -0.2) is 4.98 Å². The van der Waals surface area contributed by atoms with Gasteiger partial charge in [0.2, 0.25) is 0 Å². The minimum atomic E-state index is 0.570. The first-order valence-corrected chi connectivity index (χ1v) is 6.73. The molecule has 0 amide bonds. The molecule has 4 rings (SSSR count). The molecule has 0 saturated carbocycles. The second kappa shape index (κ2) is 4.42. The predicted molar refractivity (Wildman–Crippen MR) is 77.5 cm³/mol. The highest BCUT2D eigenvalue weighted by molar-refractivity contribution is 6.33. The van der Waals surface area contributed by atoms with Crippen LogP contribution in [0.5, 0.6) is 11.5 Å². The van der Waals surface area contributed by atoms with Gasteiger partial charge in [-0.2, -0.15) is 0 Å². The Morgan fingerprint density at radius 1 is 1.05 bits per heavy atom. The van der Waals surface area contributed by atoms with Gasteiger partial charge < -0.3 is 14.5 Å². The molecule has 0 unspecified atom stereocenters. The van der Waals surface area contributed by atoms with E-state index in [9.17, 15) is 0 Å². The van der Waals surface area contributed by atoms with Gasteiger partial charge in [0.25, 0.3) is 0 Å². The molecule has 0 spiro atoms. The van der Waals surface area contributed by atoms with E-state index in [2.05, 4.69) is 9.97 Å². The number of fused-ring (bicyclic) bond motifs is 2. The van der Waals surface area contributed by atoms with Gasteiger partial charge in [0.15, 0.2) is 11.5 Å². The minimum Gasteiger partial charge on any atom is -0.486 e. The quantitative estimate of drug-likeness (QED) is 0.743. The molecule has 0 fully saturated rings. The van der Waals surface area contributed by atoms with Crippen molar-refractivity contribution in [3.63, 3.8) is 0 Å². The van der Waals surface area contributed by atoms with Gasteiger partial charge in [-0.3, -0.25) is 0 Å². The van der Waals surface area contributed by atoms with Crippen LogP contribution in [-0.4, -0.2) is 23.2 Å². The van der Waals surface area contributed by atoms with Gasteiger partial charge in [-0.1, -0.05) is 23.7 Å². The maximum Gasteiger partial charge on any atom is 0.163 e. The molecule has 0 saturated heterocycles. The number of hydrogen-bond acceptors (Lipinski definition) is 3. The van der Waals surface area contributed by atoms with Crippen molar-refractivity contribution in [2.24, 2.45) is 0 Å². The second-order valence-electron chi connectivity index (χ2n) is 4.58. The number of halogens is 1. The lowest BCUT2D eigenvalue weighted by atomic mass is 10.2. The largest absolute Gasteiger partial charge is 0.486 e. The van der Waals surface area contributed by atoms with Crippen molar-refractivity contribution >= 4 is 22.6 Å². The van der Waals surface area contributed by atoms with Crippen LogP contribution in [0.15, 0.2) is 36.4 Å². The van der Waals surface area contributed by atoms with Crippen molar-refractivity contribution in [2.75, 3.05) is 13.2 Å². The molecule has 20 heavy (non-hydrogen) atoms. The average Bonchev–Trinajstić information content (AvgIpc) is 2.87. The van der Waals surface area contributed by atoms with Crippen LogP contribution in [-0.2, 0) is 0 Å². The van der Waals surface area contributed by atoms with Crippen molar-refractivity contribution in [1.29, 1.82) is 0 Å². The number of H-pyrrole nitrogens is 1. The Kier molecular flexibility index (Phi) is 2.57. The number of aromatic nitrogens is 2. The number of imidazole rings is 1. The highest BCUT2D eigenvalue weighted by Gasteiger charge is 2.15. The van der Waals surface area contributed by atoms with E-state index < -0.39 is 0 Å². The smallest absolute Gasteiger partial charge is 0.163 e. The van der Waals surface area contributed by atoms with Crippen LogP contribution in [0.1, 0.15) is 0 Å². The van der Waals surface area contributed by atoms with Crippen LogP contribution in [0.4, 0.5) is 0 Å². The first-order valence-electron chi connectivity index (χ1n) is 6.35. The minimum absolute atomic E-state index is 0.570. The molecule has 0 radical (unpaired) electrons. The van der Waals surface area contributed by atoms with Gasteiger partial charge in [0.05, 0.1) is 16.1 Å². The molecule has 1 N–H and O–H groups in total. The van der Waals surface area contributed by atoms with Gasteiger partial charge in [-0.05, 0) is 12.1 Å². The molecule has 1 aromatic heterocycles. The number of nitrogens with zero attached hydrogens (tertiary/aromatic N) is 1. The summed E-state index contributed by atoms with van der Waals surface area (Å²) in [7, 11) is 0. The van der Waals surface area contributed by atoms with E-state index in [-0.39, 0.29) is 0 Å². The lowest BCUT2D eigenvalue weighted by molar-refractivity contribution is 0.172. The average molecular weight is 287 g/mol. The fraction of sp³-hybridized carbons (Fsp3) is 0.133. The molecule has 0 aliphatic carbocycles. The van der Waals surface area contributed by atoms with E-state index in [1.165, 1.54) is 0 Å². The normalized spacial score (nSPS) is 13.7. The maximum absolute atomic E-state index is 6.20. The van der Waals surface area contributed by atoms with E-state index in [0.29, 0.717) is 18.2 Å². The molecule has 2 heterocycles. The molecule has 0 atom stereocenters. The number of ether oxygens (including phenoxy) is 2. The fourth-order valence-electron chi connectivity index (χ4n) is 2.33. The molecular weight excluding hydrogens is 276 g/mol. The SMILES string of the molecule is Clc1ccccc1-c1nc2cc3c(cc2[nH]1)OCCO3. The highest BCUT2D eigenvalue weighted by atomic mass is 35.5. The molecule has 2 aromatic carbocycles. The van der Waals surface area contributed by atoms with E-state index in [1.807, 2.05) is 36.4 Å². The Balaban J connectivity index is 1.89. The summed E-state index contributed by atoms with van der Waals surface area (Å²) in [5, 5.41) is 0.670. The predicted octanol–water partition coefficient (Wildman–Crippen LogP) is 3.65. The zero-order valence-electron chi connectivity index (χ0n) is 10.5. The third-order valence-corrected chi connectivity index (χ3v) is 3.60. The van der Waals surface area contributed by atoms with Crippen LogP contribution in [0.3, 0.4) is 0 Å². The Labute approximate surface area is 120 Å². The maximum atomic E-state index is 6.20. The van der Waals surface area contributed by atoms with E-state index in [4.69, 9.17) is 21.1 Å². The summed E-state index contributed by atoms with van der Waals surface area (Å²) in [6.45, 7) is 1.14. The standard InChI is InChI=1S/C15H11ClN2O2/c16-10-4-2-1-3-9(10)15-17-11-7-13-14(8-12(11)18-15)20-6-5-19-13/h1-4,7-8H,5-6H2,(H,17,18). The van der Waals surface area contributed by atoms with E-state index in [1.54, 1.807) is 0 Å². The number of benzene rings is 2. The molecule has 5 heteroatoms. The lowest BCUT2D eigenvalue weighted by Crippen LogP contribution is -2.15. The summed E-state index contributed by atoms with van der Waals surface area (Å²) in [4.78, 5) is 7.85. The molecule has 3 aromatic rings. The van der Waals surface area contributed by atoms with Crippen LogP contribution in [0.25, 0.3) is 22.4 Å². The number of nitrogens with one attached hydrogen (secondary N) is 1. The Morgan fingerprint density at radius 2 is 1.80 bits per heavy atom. The van der Waals surface area contributed by atoms with Crippen molar-refractivity contribution < 1.29 is 9.47 Å². The molecule has 1 aliphatic rings. The van der Waals surface area contributed by atoms with Crippen LogP contribution in [0, 0.1) is 0 Å². The second-order valence-corrected chi connectivity index (χ2v) is 4.99. The van der Waals surface area contributed by atoms with Crippen molar-refractivity contribution in [3.8, 4) is 22.9 Å². The first kappa shape index (κ1) is 11.6. The number of aromatic amines is 1. The van der Waals surface area contributed by atoms with Crippen LogP contribution < -0.4 is 9.47 Å². The zero-order valence-corrected chi connectivity index (χ0v) is 11.3. The third kappa shape index (κ3) is 1.80. The summed E-state index contributed by atoms with van der Waals surface area (Å²) in [5.41, 5.74) is 2.62. The zero-order chi connectivity index (χ0) is 13.5. The first-order chi connectivity index (χ1) is 9.81. The van der Waals surface area contributed by atoms with Crippen molar-refractivity contribution in [3.05, 3.63) is 41.4 Å². The topological polar surface area (TPSA) is 47.1 Å². The van der Waals surface area contributed by atoms with Gasteiger partial charge in [0, 0.05) is 17.7 Å². The summed E-state index contributed by atoms with van der Waals surface area (Å²) < 4.78 is 11.1. The van der Waals surface area contributed by atoms with Gasteiger partial charge in [0.1, 0.15) is 19.0 Å². The number of hydrogen-bond donors (Lipinski definition) is 1. The van der Waals surface area contributed by atoms with Crippen LogP contribution >= 0.6 is 11.6 Å². The lowest BCUT2D eigenvalue weighted by Gasteiger charge is -2.17. The monoisotopic (exact) mass is 286 g/mol. The summed E-state index contributed by atoms with van der Waals surface area (Å²) >= 11 is 6.20. The Hall–Kier alpha value is -2.20. The molecule has 100 valence electrons. The van der Waals surface area contributed by atoms with Crippen LogP contribution in [0.2, 0.25) is 5.02 Å². The Morgan fingerprint density at radius 3 is 2.60 bits per heavy atom. The van der Waals surface area contributed by atoms with Gasteiger partial charge >= 0.3 is 0 Å². The highest BCUT2D eigenvalue weighted by Crippen LogP contribution is 2.35. The third-order valence-electron chi connectivity index (χ3n) is 3.27. The summed E-state index contributed by atoms with van der Waals surface area (Å²) in [5.74, 6) is 2.23. The van der Waals surface area contributed by atoms with E-state index in [0.717, 1.165) is 33.9 Å². The summed E-state index contributed by atoms with van der Waals surface area (Å²) in [6, 6.07) is 11.4. The summed E-state index contributed by atoms with van der Waals surface area (Å²) in [6.07, 6.45) is 0. The van der Waals surface area contributed by atoms with Gasteiger partial charge in [-0.15, -0.1) is 0 Å². The molecular formula is C15H11ClN2O2. The van der Waals surface area contributed by atoms with Crippen molar-refractivity contribution in [2.45, 2.75) is 0 Å².